The predicted octanol–water partition coefficient (Wildman–Crippen LogP) is 0.433. The van der Waals surface area contributed by atoms with Gasteiger partial charge in [-0.25, -0.2) is 5.48 Å². The molecule has 0 radical (unpaired) electrons. The van der Waals surface area contributed by atoms with Crippen LogP contribution in [0.2, 0.25) is 0 Å². The summed E-state index contributed by atoms with van der Waals surface area (Å²) < 4.78 is 0. The molecule has 1 rings (SSSR count). The number of hydroxylamine groups is 1. The highest BCUT2D eigenvalue weighted by Gasteiger charge is 2.04. The van der Waals surface area contributed by atoms with E-state index in [4.69, 9.17) is 10.3 Å². The van der Waals surface area contributed by atoms with Crippen molar-refractivity contribution in [3.05, 3.63) is 35.4 Å². The average molecular weight is 195 g/mol. The minimum absolute atomic E-state index is 0.0823. The number of carbonyl (C=O) groups excluding carboxylic acids is 1. The van der Waals surface area contributed by atoms with Crippen LogP contribution in [0.5, 0.6) is 0 Å². The lowest BCUT2D eigenvalue weighted by Crippen LogP contribution is -2.18. The molecule has 0 spiro atoms. The number of amides is 1. The van der Waals surface area contributed by atoms with Crippen molar-refractivity contribution < 1.29 is 19.9 Å². The number of carboxylic acids is 1. The van der Waals surface area contributed by atoms with Crippen LogP contribution >= 0.6 is 0 Å². The predicted molar refractivity (Wildman–Crippen MR) is 47.0 cm³/mol. The van der Waals surface area contributed by atoms with Gasteiger partial charge in [0.1, 0.15) is 0 Å². The number of hydrogen-bond donors (Lipinski definition) is 3. The van der Waals surface area contributed by atoms with Gasteiger partial charge >= 0.3 is 5.97 Å². The van der Waals surface area contributed by atoms with Gasteiger partial charge in [-0.2, -0.15) is 0 Å². The molecular formula is C9H9NO4. The molecule has 0 aliphatic carbocycles. The molecule has 3 N–H and O–H groups in total. The highest BCUT2D eigenvalue weighted by atomic mass is 16.5. The third-order valence-corrected chi connectivity index (χ3v) is 1.67. The Bertz CT molecular complexity index is 344. The Balaban J connectivity index is 2.78. The maximum absolute atomic E-state index is 10.9. The zero-order valence-corrected chi connectivity index (χ0v) is 7.23. The normalized spacial score (nSPS) is 9.50. The Hall–Kier alpha value is -1.88. The molecule has 1 aromatic carbocycles. The van der Waals surface area contributed by atoms with Gasteiger partial charge in [-0.15, -0.1) is 0 Å². The van der Waals surface area contributed by atoms with Crippen molar-refractivity contribution >= 4 is 11.9 Å². The van der Waals surface area contributed by atoms with E-state index < -0.39 is 11.9 Å². The van der Waals surface area contributed by atoms with Crippen LogP contribution in [0.15, 0.2) is 24.3 Å². The van der Waals surface area contributed by atoms with E-state index in [0.29, 0.717) is 5.56 Å². The van der Waals surface area contributed by atoms with Gasteiger partial charge < -0.3 is 5.11 Å². The molecule has 74 valence electrons. The van der Waals surface area contributed by atoms with E-state index in [2.05, 4.69) is 0 Å². The van der Waals surface area contributed by atoms with Crippen LogP contribution in [0, 0.1) is 0 Å². The number of carbonyl (C=O) groups is 2. The van der Waals surface area contributed by atoms with Gasteiger partial charge in [0.05, 0.1) is 6.42 Å². The Kier molecular flexibility index (Phi) is 3.19. The first-order valence-corrected chi connectivity index (χ1v) is 3.88. The maximum Gasteiger partial charge on any atom is 0.307 e. The van der Waals surface area contributed by atoms with Crippen LogP contribution < -0.4 is 5.48 Å². The zero-order valence-electron chi connectivity index (χ0n) is 7.23. The Labute approximate surface area is 79.9 Å². The van der Waals surface area contributed by atoms with Crippen LogP contribution in [-0.2, 0) is 11.2 Å². The highest BCUT2D eigenvalue weighted by Crippen LogP contribution is 2.04. The van der Waals surface area contributed by atoms with Gasteiger partial charge in [-0.05, 0) is 17.7 Å². The third-order valence-electron chi connectivity index (χ3n) is 1.67. The SMILES string of the molecule is O=C(O)Cc1ccc(C(=O)NO)cc1. The number of aliphatic carboxylic acids is 1. The number of carboxylic acid groups (broad SMARTS) is 1. The molecular weight excluding hydrogens is 186 g/mol. The summed E-state index contributed by atoms with van der Waals surface area (Å²) in [7, 11) is 0. The summed E-state index contributed by atoms with van der Waals surface area (Å²) in [6.07, 6.45) is -0.0823. The quantitative estimate of drug-likeness (QED) is 0.482. The Morgan fingerprint density at radius 3 is 2.21 bits per heavy atom. The van der Waals surface area contributed by atoms with Crippen LogP contribution in [0.4, 0.5) is 0 Å². The lowest BCUT2D eigenvalue weighted by atomic mass is 10.1. The molecule has 1 amide bonds. The third kappa shape index (κ3) is 2.56. The zero-order chi connectivity index (χ0) is 10.6. The molecule has 0 saturated carbocycles. The summed E-state index contributed by atoms with van der Waals surface area (Å²) in [4.78, 5) is 21.2. The lowest BCUT2D eigenvalue weighted by molar-refractivity contribution is -0.136. The summed E-state index contributed by atoms with van der Waals surface area (Å²) in [5.74, 6) is -1.55. The standard InChI is InChI=1S/C9H9NO4/c11-8(12)5-6-1-3-7(4-2-6)9(13)10-14/h1-4,14H,5H2,(H,10,13)(H,11,12). The van der Waals surface area contributed by atoms with Gasteiger partial charge in [0.25, 0.3) is 5.91 Å². The molecule has 0 atom stereocenters. The first kappa shape index (κ1) is 10.2. The number of nitrogens with one attached hydrogen (secondary N) is 1. The Morgan fingerprint density at radius 2 is 1.79 bits per heavy atom. The molecule has 0 saturated heterocycles. The molecule has 0 bridgehead atoms. The minimum atomic E-state index is -0.927. The second-order valence-electron chi connectivity index (χ2n) is 2.71. The molecule has 5 heteroatoms. The van der Waals surface area contributed by atoms with Crippen LogP contribution in [-0.4, -0.2) is 22.2 Å². The molecule has 14 heavy (non-hydrogen) atoms. The van der Waals surface area contributed by atoms with Crippen molar-refractivity contribution in [3.63, 3.8) is 0 Å². The van der Waals surface area contributed by atoms with Gasteiger partial charge in [-0.3, -0.25) is 14.8 Å². The summed E-state index contributed by atoms with van der Waals surface area (Å²) in [5, 5.41) is 16.8. The van der Waals surface area contributed by atoms with E-state index in [1.807, 2.05) is 0 Å². The molecule has 0 fully saturated rings. The van der Waals surface area contributed by atoms with Gasteiger partial charge in [0, 0.05) is 5.56 Å². The fraction of sp³-hybridized carbons (Fsp3) is 0.111. The smallest absolute Gasteiger partial charge is 0.307 e. The molecule has 0 unspecified atom stereocenters. The number of benzene rings is 1. The monoisotopic (exact) mass is 195 g/mol. The van der Waals surface area contributed by atoms with E-state index in [1.165, 1.54) is 29.7 Å². The van der Waals surface area contributed by atoms with Crippen molar-refractivity contribution in [2.24, 2.45) is 0 Å². The molecule has 0 heterocycles. The second kappa shape index (κ2) is 4.38. The second-order valence-corrected chi connectivity index (χ2v) is 2.71. The number of rotatable bonds is 3. The van der Waals surface area contributed by atoms with Crippen molar-refractivity contribution in [1.29, 1.82) is 0 Å². The topological polar surface area (TPSA) is 86.6 Å². The lowest BCUT2D eigenvalue weighted by Gasteiger charge is -2.00. The first-order chi connectivity index (χ1) is 6.63. The van der Waals surface area contributed by atoms with Gasteiger partial charge in [0.2, 0.25) is 0 Å². The van der Waals surface area contributed by atoms with E-state index in [0.717, 1.165) is 0 Å². The van der Waals surface area contributed by atoms with E-state index >= 15 is 0 Å². The highest BCUT2D eigenvalue weighted by molar-refractivity contribution is 5.93. The van der Waals surface area contributed by atoms with E-state index in [-0.39, 0.29) is 12.0 Å². The largest absolute Gasteiger partial charge is 0.481 e. The summed E-state index contributed by atoms with van der Waals surface area (Å²) in [6, 6.07) is 5.95. The van der Waals surface area contributed by atoms with Gasteiger partial charge in [-0.1, -0.05) is 12.1 Å². The Morgan fingerprint density at radius 1 is 1.21 bits per heavy atom. The van der Waals surface area contributed by atoms with Crippen molar-refractivity contribution in [2.75, 3.05) is 0 Å². The molecule has 1 aromatic rings. The van der Waals surface area contributed by atoms with E-state index in [1.54, 1.807) is 0 Å². The fourth-order valence-corrected chi connectivity index (χ4v) is 1.01. The summed E-state index contributed by atoms with van der Waals surface area (Å²) in [5.41, 5.74) is 2.37. The molecule has 5 nitrogen and oxygen atoms in total. The average Bonchev–Trinajstić information content (AvgIpc) is 2.17. The van der Waals surface area contributed by atoms with Crippen molar-refractivity contribution in [3.8, 4) is 0 Å². The van der Waals surface area contributed by atoms with Crippen LogP contribution in [0.1, 0.15) is 15.9 Å². The molecule has 0 aliphatic rings. The first-order valence-electron chi connectivity index (χ1n) is 3.88. The molecule has 0 aliphatic heterocycles. The number of hydrogen-bond acceptors (Lipinski definition) is 3. The molecule has 0 aromatic heterocycles. The fourth-order valence-electron chi connectivity index (χ4n) is 1.01. The summed E-state index contributed by atoms with van der Waals surface area (Å²) >= 11 is 0. The van der Waals surface area contributed by atoms with Crippen LogP contribution in [0.25, 0.3) is 0 Å². The minimum Gasteiger partial charge on any atom is -0.481 e. The maximum atomic E-state index is 10.9. The van der Waals surface area contributed by atoms with Crippen molar-refractivity contribution in [2.45, 2.75) is 6.42 Å². The van der Waals surface area contributed by atoms with Crippen molar-refractivity contribution in [1.82, 2.24) is 5.48 Å². The van der Waals surface area contributed by atoms with Gasteiger partial charge in [0.15, 0.2) is 0 Å². The summed E-state index contributed by atoms with van der Waals surface area (Å²) in [6.45, 7) is 0. The van der Waals surface area contributed by atoms with E-state index in [9.17, 15) is 9.59 Å². The van der Waals surface area contributed by atoms with Crippen LogP contribution in [0.3, 0.4) is 0 Å².